The molecule has 5 nitrogen and oxygen atoms in total. The molecule has 30 heavy (non-hydrogen) atoms. The van der Waals surface area contributed by atoms with Gasteiger partial charge in [0.1, 0.15) is 5.75 Å². The number of hydrogen-bond donors (Lipinski definition) is 1. The Morgan fingerprint density at radius 2 is 1.97 bits per heavy atom. The normalized spacial score (nSPS) is 11.1. The van der Waals surface area contributed by atoms with Crippen molar-refractivity contribution < 1.29 is 9.53 Å². The fourth-order valence-corrected chi connectivity index (χ4v) is 4.08. The van der Waals surface area contributed by atoms with Crippen molar-refractivity contribution in [2.24, 2.45) is 5.10 Å². The number of amides is 1. The van der Waals surface area contributed by atoms with Crippen LogP contribution in [-0.4, -0.2) is 29.6 Å². The monoisotopic (exact) mass is 441 g/mol. The van der Waals surface area contributed by atoms with E-state index < -0.39 is 0 Å². The van der Waals surface area contributed by atoms with E-state index in [0.29, 0.717) is 10.8 Å². The minimum Gasteiger partial charge on any atom is -0.497 e. The molecule has 0 bridgehead atoms. The molecule has 7 heteroatoms. The molecule has 0 aliphatic rings. The Hall–Kier alpha value is -2.70. The standard InChI is InChI=1S/C23H24ClN3O2S/c1-16-11-19(17(2)27(16)21-6-4-5-20(24)12-21)13-25-26-23(28)15-30-14-18-7-9-22(29-3)10-8-18/h4-13H,14-15H2,1-3H3,(H,26,28)/b25-13+. The lowest BCUT2D eigenvalue weighted by Crippen LogP contribution is -2.19. The molecule has 1 heterocycles. The van der Waals surface area contributed by atoms with Gasteiger partial charge in [-0.1, -0.05) is 29.8 Å². The van der Waals surface area contributed by atoms with Crippen LogP contribution in [0.2, 0.25) is 5.02 Å². The Balaban J connectivity index is 1.53. The van der Waals surface area contributed by atoms with E-state index in [1.165, 1.54) is 11.8 Å². The van der Waals surface area contributed by atoms with Gasteiger partial charge in [0.05, 0.1) is 19.1 Å². The number of rotatable bonds is 8. The predicted octanol–water partition coefficient (Wildman–Crippen LogP) is 5.14. The van der Waals surface area contributed by atoms with Gasteiger partial charge in [-0.2, -0.15) is 5.10 Å². The van der Waals surface area contributed by atoms with Crippen molar-refractivity contribution in [3.05, 3.63) is 82.1 Å². The number of carbonyl (C=O) groups is 1. The number of nitrogens with zero attached hydrogens (tertiary/aromatic N) is 2. The van der Waals surface area contributed by atoms with Gasteiger partial charge in [-0.25, -0.2) is 5.43 Å². The van der Waals surface area contributed by atoms with Crippen LogP contribution in [-0.2, 0) is 10.5 Å². The maximum atomic E-state index is 12.1. The maximum Gasteiger partial charge on any atom is 0.250 e. The van der Waals surface area contributed by atoms with Crippen molar-refractivity contribution in [3.63, 3.8) is 0 Å². The number of methoxy groups -OCH3 is 1. The zero-order chi connectivity index (χ0) is 21.5. The molecule has 0 unspecified atom stereocenters. The number of nitrogens with one attached hydrogen (secondary N) is 1. The molecule has 0 spiro atoms. The smallest absolute Gasteiger partial charge is 0.250 e. The zero-order valence-corrected chi connectivity index (χ0v) is 18.8. The van der Waals surface area contributed by atoms with Crippen molar-refractivity contribution in [2.75, 3.05) is 12.9 Å². The number of carbonyl (C=O) groups excluding carboxylic acids is 1. The highest BCUT2D eigenvalue weighted by Crippen LogP contribution is 2.22. The van der Waals surface area contributed by atoms with Crippen molar-refractivity contribution in [1.29, 1.82) is 0 Å². The van der Waals surface area contributed by atoms with Crippen molar-refractivity contribution in [2.45, 2.75) is 19.6 Å². The van der Waals surface area contributed by atoms with E-state index in [2.05, 4.69) is 15.1 Å². The van der Waals surface area contributed by atoms with Crippen molar-refractivity contribution in [3.8, 4) is 11.4 Å². The van der Waals surface area contributed by atoms with Gasteiger partial charge in [-0.15, -0.1) is 11.8 Å². The van der Waals surface area contributed by atoms with E-state index in [-0.39, 0.29) is 5.91 Å². The summed E-state index contributed by atoms with van der Waals surface area (Å²) in [6, 6.07) is 17.6. The molecule has 0 saturated heterocycles. The Morgan fingerprint density at radius 1 is 1.20 bits per heavy atom. The average molecular weight is 442 g/mol. The van der Waals surface area contributed by atoms with Crippen LogP contribution in [0.1, 0.15) is 22.5 Å². The van der Waals surface area contributed by atoms with E-state index in [4.69, 9.17) is 16.3 Å². The van der Waals surface area contributed by atoms with Gasteiger partial charge in [0.2, 0.25) is 5.91 Å². The SMILES string of the molecule is COc1ccc(CSCC(=O)N/N=C/c2cc(C)n(-c3cccc(Cl)c3)c2C)cc1. The number of thioether (sulfide) groups is 1. The number of hydrogen-bond acceptors (Lipinski definition) is 4. The lowest BCUT2D eigenvalue weighted by atomic mass is 10.2. The number of benzene rings is 2. The molecule has 156 valence electrons. The highest BCUT2D eigenvalue weighted by atomic mass is 35.5. The Kier molecular flexibility index (Phi) is 7.60. The predicted molar refractivity (Wildman–Crippen MR) is 125 cm³/mol. The third-order valence-electron chi connectivity index (χ3n) is 4.59. The summed E-state index contributed by atoms with van der Waals surface area (Å²) in [5, 5.41) is 4.81. The Labute approximate surface area is 186 Å². The lowest BCUT2D eigenvalue weighted by molar-refractivity contribution is -0.118. The fourth-order valence-electron chi connectivity index (χ4n) is 3.12. The molecular weight excluding hydrogens is 418 g/mol. The summed E-state index contributed by atoms with van der Waals surface area (Å²) in [6.45, 7) is 4.04. The molecule has 3 aromatic rings. The highest BCUT2D eigenvalue weighted by molar-refractivity contribution is 7.99. The highest BCUT2D eigenvalue weighted by Gasteiger charge is 2.10. The summed E-state index contributed by atoms with van der Waals surface area (Å²) in [4.78, 5) is 12.1. The van der Waals surface area contributed by atoms with Crippen molar-refractivity contribution >= 4 is 35.5 Å². The van der Waals surface area contributed by atoms with Crippen LogP contribution in [0.3, 0.4) is 0 Å². The molecule has 0 fully saturated rings. The summed E-state index contributed by atoms with van der Waals surface area (Å²) < 4.78 is 7.26. The molecule has 0 aliphatic heterocycles. The molecule has 2 aromatic carbocycles. The van der Waals surface area contributed by atoms with Gasteiger partial charge in [0.15, 0.2) is 0 Å². The number of aryl methyl sites for hydroxylation is 1. The van der Waals surface area contributed by atoms with Gasteiger partial charge in [0.25, 0.3) is 0 Å². The van der Waals surface area contributed by atoms with Gasteiger partial charge in [-0.3, -0.25) is 4.79 Å². The summed E-state index contributed by atoms with van der Waals surface area (Å²) in [5.74, 6) is 1.78. The van der Waals surface area contributed by atoms with Crippen LogP contribution in [0.5, 0.6) is 5.75 Å². The van der Waals surface area contributed by atoms with Crippen LogP contribution >= 0.6 is 23.4 Å². The Morgan fingerprint density at radius 3 is 2.67 bits per heavy atom. The maximum absolute atomic E-state index is 12.1. The van der Waals surface area contributed by atoms with Gasteiger partial charge >= 0.3 is 0 Å². The summed E-state index contributed by atoms with van der Waals surface area (Å²) in [6.07, 6.45) is 1.68. The third kappa shape index (κ3) is 5.68. The number of hydrazone groups is 1. The minimum atomic E-state index is -0.131. The molecule has 1 N–H and O–H groups in total. The molecular formula is C23H24ClN3O2S. The van der Waals surface area contributed by atoms with E-state index in [1.54, 1.807) is 13.3 Å². The van der Waals surface area contributed by atoms with Gasteiger partial charge < -0.3 is 9.30 Å². The van der Waals surface area contributed by atoms with E-state index in [9.17, 15) is 4.79 Å². The first kappa shape index (κ1) is 22.0. The molecule has 1 amide bonds. The van der Waals surface area contributed by atoms with E-state index >= 15 is 0 Å². The summed E-state index contributed by atoms with van der Waals surface area (Å²) in [7, 11) is 1.64. The average Bonchev–Trinajstić information content (AvgIpc) is 3.01. The molecule has 0 saturated carbocycles. The van der Waals surface area contributed by atoms with Crippen LogP contribution in [0.4, 0.5) is 0 Å². The largest absolute Gasteiger partial charge is 0.497 e. The van der Waals surface area contributed by atoms with Crippen LogP contribution in [0, 0.1) is 13.8 Å². The molecule has 1 aromatic heterocycles. The first-order chi connectivity index (χ1) is 14.5. The number of aromatic nitrogens is 1. The second kappa shape index (κ2) is 10.4. The van der Waals surface area contributed by atoms with Crippen LogP contribution in [0.25, 0.3) is 5.69 Å². The Bertz CT molecular complexity index is 1050. The zero-order valence-electron chi connectivity index (χ0n) is 17.2. The second-order valence-electron chi connectivity index (χ2n) is 6.78. The summed E-state index contributed by atoms with van der Waals surface area (Å²) >= 11 is 7.66. The number of ether oxygens (including phenoxy) is 1. The summed E-state index contributed by atoms with van der Waals surface area (Å²) in [5.41, 5.74) is 7.78. The van der Waals surface area contributed by atoms with E-state index in [1.807, 2.05) is 68.4 Å². The van der Waals surface area contributed by atoms with Crippen LogP contribution in [0.15, 0.2) is 59.7 Å². The van der Waals surface area contributed by atoms with Gasteiger partial charge in [-0.05, 0) is 55.8 Å². The van der Waals surface area contributed by atoms with E-state index in [0.717, 1.165) is 39.7 Å². The van der Waals surface area contributed by atoms with Crippen LogP contribution < -0.4 is 10.2 Å². The topological polar surface area (TPSA) is 55.6 Å². The number of halogens is 1. The van der Waals surface area contributed by atoms with Gasteiger partial charge in [0, 0.05) is 33.4 Å². The lowest BCUT2D eigenvalue weighted by Gasteiger charge is -2.09. The first-order valence-corrected chi connectivity index (χ1v) is 11.0. The van der Waals surface area contributed by atoms with Crippen molar-refractivity contribution in [1.82, 2.24) is 9.99 Å². The fraction of sp³-hybridized carbons (Fsp3) is 0.217. The quantitative estimate of drug-likeness (QED) is 0.389. The molecule has 0 aliphatic carbocycles. The molecule has 3 rings (SSSR count). The molecule has 0 radical (unpaired) electrons. The minimum absolute atomic E-state index is 0.131. The molecule has 0 atom stereocenters. The first-order valence-electron chi connectivity index (χ1n) is 9.45. The third-order valence-corrected chi connectivity index (χ3v) is 5.83. The second-order valence-corrected chi connectivity index (χ2v) is 8.20.